The molecule has 1 fully saturated rings. The van der Waals surface area contributed by atoms with Crippen LogP contribution in [0.15, 0.2) is 157 Å². The zero-order chi connectivity index (χ0) is 34.9. The van der Waals surface area contributed by atoms with Crippen molar-refractivity contribution in [3.63, 3.8) is 0 Å². The number of nitrogens with zero attached hydrogens (tertiary/aromatic N) is 2. The van der Waals surface area contributed by atoms with Gasteiger partial charge in [0, 0.05) is 33.7 Å². The van der Waals surface area contributed by atoms with Crippen LogP contribution in [0.1, 0.15) is 70.9 Å². The van der Waals surface area contributed by atoms with Gasteiger partial charge in [-0.3, -0.25) is 0 Å². The Morgan fingerprint density at radius 3 is 2.18 bits per heavy atom. The largest absolute Gasteiger partial charge is 0.490 e. The summed E-state index contributed by atoms with van der Waals surface area (Å²) < 4.78 is 13.6. The topological polar surface area (TPSA) is 24.9 Å². The van der Waals surface area contributed by atoms with E-state index < -0.39 is 18.3 Å². The fourth-order valence-electron chi connectivity index (χ4n) is 7.51. The van der Waals surface area contributed by atoms with E-state index in [0.717, 1.165) is 49.0 Å². The van der Waals surface area contributed by atoms with Crippen molar-refractivity contribution in [1.29, 1.82) is 0 Å². The van der Waals surface area contributed by atoms with Crippen LogP contribution in [0.3, 0.4) is 0 Å². The highest BCUT2D eigenvalue weighted by Gasteiger charge is 2.53. The van der Waals surface area contributed by atoms with Crippen LogP contribution in [-0.2, 0) is 9.31 Å². The van der Waals surface area contributed by atoms with E-state index in [1.165, 1.54) is 39.0 Å². The van der Waals surface area contributed by atoms with Crippen molar-refractivity contribution in [3.8, 4) is 0 Å². The summed E-state index contributed by atoms with van der Waals surface area (Å²) in [6.07, 6.45) is 27.1. The van der Waals surface area contributed by atoms with Gasteiger partial charge in [0.25, 0.3) is 0 Å². The zero-order valence-electron chi connectivity index (χ0n) is 30.2. The number of hydrogen-bond acceptors (Lipinski definition) is 4. The average molecular weight is 661 g/mol. The van der Waals surface area contributed by atoms with Crippen molar-refractivity contribution < 1.29 is 9.31 Å². The lowest BCUT2D eigenvalue weighted by Gasteiger charge is -2.41. The van der Waals surface area contributed by atoms with E-state index in [-0.39, 0.29) is 6.04 Å². The predicted octanol–water partition coefficient (Wildman–Crippen LogP) is 11.2. The summed E-state index contributed by atoms with van der Waals surface area (Å²) in [4.78, 5) is 5.05. The fourth-order valence-corrected chi connectivity index (χ4v) is 7.51. The second-order valence-electron chi connectivity index (χ2n) is 14.7. The second kappa shape index (κ2) is 14.0. The van der Waals surface area contributed by atoms with E-state index in [1.54, 1.807) is 0 Å². The van der Waals surface area contributed by atoms with Crippen molar-refractivity contribution >= 4 is 29.3 Å². The van der Waals surface area contributed by atoms with Crippen LogP contribution in [0.2, 0.25) is 0 Å². The third-order valence-corrected chi connectivity index (χ3v) is 10.8. The van der Waals surface area contributed by atoms with Crippen molar-refractivity contribution in [1.82, 2.24) is 4.90 Å². The maximum atomic E-state index is 6.80. The third-order valence-electron chi connectivity index (χ3n) is 10.8. The summed E-state index contributed by atoms with van der Waals surface area (Å²) in [7, 11) is -0.465. The molecule has 0 amide bonds. The first kappa shape index (κ1) is 33.9. The molecule has 7 rings (SSSR count). The first-order valence-electron chi connectivity index (χ1n) is 18.1. The number of allylic oxidation sites excluding steroid dienone is 11. The zero-order valence-corrected chi connectivity index (χ0v) is 30.2. The lowest BCUT2D eigenvalue weighted by Crippen LogP contribution is -2.41. The maximum absolute atomic E-state index is 6.80. The van der Waals surface area contributed by atoms with Crippen LogP contribution < -0.4 is 4.90 Å². The Labute approximate surface area is 299 Å². The summed E-state index contributed by atoms with van der Waals surface area (Å²) in [5, 5.41) is 2.45. The van der Waals surface area contributed by atoms with Gasteiger partial charge in [0.1, 0.15) is 0 Å². The van der Waals surface area contributed by atoms with Crippen LogP contribution in [-0.4, -0.2) is 29.3 Å². The molecule has 3 aliphatic carbocycles. The molecule has 1 heterocycles. The van der Waals surface area contributed by atoms with Crippen molar-refractivity contribution in [2.75, 3.05) is 4.90 Å². The van der Waals surface area contributed by atoms with Crippen LogP contribution >= 0.6 is 0 Å². The standard InChI is InChI=1S/C45H49BN2O2/c1-7-19-42(40-27-16-14-20-33(40)2)47(36-23-10-8-11-24-36)38-30-35(46-49-44(3,4)45(5,6)50-46)31-39(32-38)48(37-25-12-9-13-26-37)43-29-18-22-34-21-15-17-28-41(34)43/h7-10,12,14-23,25,27-29,31-32,38H,1,11,13,24,26,30H2,2-6H3. The molecule has 0 saturated carbocycles. The first-order valence-corrected chi connectivity index (χ1v) is 18.1. The Morgan fingerprint density at radius 2 is 1.50 bits per heavy atom. The van der Waals surface area contributed by atoms with E-state index >= 15 is 0 Å². The van der Waals surface area contributed by atoms with Gasteiger partial charge in [-0.2, -0.15) is 0 Å². The molecule has 0 aromatic heterocycles. The van der Waals surface area contributed by atoms with Crippen molar-refractivity contribution in [3.05, 3.63) is 168 Å². The smallest absolute Gasteiger partial charge is 0.400 e. The molecular formula is C45H49BN2O2. The second-order valence-corrected chi connectivity index (χ2v) is 14.7. The Bertz CT molecular complexity index is 1980. The molecule has 254 valence electrons. The van der Waals surface area contributed by atoms with Crippen LogP contribution in [0.25, 0.3) is 16.5 Å². The lowest BCUT2D eigenvalue weighted by atomic mass is 9.71. The molecule has 5 heteroatoms. The van der Waals surface area contributed by atoms with Gasteiger partial charge in [-0.05, 0) is 120 Å². The average Bonchev–Trinajstić information content (AvgIpc) is 3.35. The van der Waals surface area contributed by atoms with E-state index in [1.807, 2.05) is 6.08 Å². The number of anilines is 1. The minimum atomic E-state index is -0.465. The molecule has 4 nitrogen and oxygen atoms in total. The fraction of sp³-hybridized carbons (Fsp3) is 0.289. The van der Waals surface area contributed by atoms with Gasteiger partial charge in [0.2, 0.25) is 0 Å². The van der Waals surface area contributed by atoms with Gasteiger partial charge >= 0.3 is 7.12 Å². The SMILES string of the molecule is C=CC=C(c1ccccc1C)N(C1=CC=CCC1)C1C=C(N(C2=CC=CCC2)c2cccc3ccccc23)C=C(B2OC(C)(C)C(C)(C)O2)C1. The van der Waals surface area contributed by atoms with Gasteiger partial charge in [-0.1, -0.05) is 97.6 Å². The first-order chi connectivity index (χ1) is 24.2. The van der Waals surface area contributed by atoms with Crippen LogP contribution in [0.5, 0.6) is 0 Å². The monoisotopic (exact) mass is 660 g/mol. The highest BCUT2D eigenvalue weighted by Crippen LogP contribution is 2.44. The van der Waals surface area contributed by atoms with Crippen molar-refractivity contribution in [2.45, 2.75) is 84.0 Å². The molecule has 0 N–H and O–H groups in total. The molecule has 1 saturated heterocycles. The summed E-state index contributed by atoms with van der Waals surface area (Å²) in [6, 6.07) is 24.0. The van der Waals surface area contributed by atoms with Crippen LogP contribution in [0.4, 0.5) is 5.69 Å². The minimum Gasteiger partial charge on any atom is -0.400 e. The van der Waals surface area contributed by atoms with Gasteiger partial charge in [0.15, 0.2) is 0 Å². The highest BCUT2D eigenvalue weighted by atomic mass is 16.7. The van der Waals surface area contributed by atoms with Gasteiger partial charge in [0.05, 0.1) is 22.9 Å². The number of aryl methyl sites for hydroxylation is 1. The highest BCUT2D eigenvalue weighted by molar-refractivity contribution is 6.54. The van der Waals surface area contributed by atoms with E-state index in [9.17, 15) is 0 Å². The lowest BCUT2D eigenvalue weighted by molar-refractivity contribution is 0.00578. The Morgan fingerprint density at radius 1 is 0.840 bits per heavy atom. The van der Waals surface area contributed by atoms with E-state index in [4.69, 9.17) is 9.31 Å². The Balaban J connectivity index is 1.45. The number of benzene rings is 3. The molecule has 1 atom stereocenters. The molecule has 1 aliphatic heterocycles. The quantitative estimate of drug-likeness (QED) is 0.168. The summed E-state index contributed by atoms with van der Waals surface area (Å²) in [5.74, 6) is 0. The summed E-state index contributed by atoms with van der Waals surface area (Å²) >= 11 is 0. The van der Waals surface area contributed by atoms with Gasteiger partial charge in [-0.15, -0.1) is 0 Å². The van der Waals surface area contributed by atoms with Crippen LogP contribution in [0, 0.1) is 6.92 Å². The van der Waals surface area contributed by atoms with Gasteiger partial charge < -0.3 is 19.1 Å². The van der Waals surface area contributed by atoms with E-state index in [0.29, 0.717) is 0 Å². The maximum Gasteiger partial charge on any atom is 0.490 e. The number of fused-ring (bicyclic) bond motifs is 1. The summed E-state index contributed by atoms with van der Waals surface area (Å²) in [5.41, 5.74) is 8.68. The molecular weight excluding hydrogens is 611 g/mol. The molecule has 50 heavy (non-hydrogen) atoms. The molecule has 0 spiro atoms. The number of rotatable bonds is 9. The molecule has 3 aromatic carbocycles. The number of hydrogen-bond donors (Lipinski definition) is 0. The normalized spacial score (nSPS) is 21.3. The molecule has 4 aliphatic rings. The molecule has 0 radical (unpaired) electrons. The summed E-state index contributed by atoms with van der Waals surface area (Å²) in [6.45, 7) is 14.9. The van der Waals surface area contributed by atoms with Gasteiger partial charge in [-0.25, -0.2) is 0 Å². The van der Waals surface area contributed by atoms with Crippen molar-refractivity contribution in [2.24, 2.45) is 0 Å². The Kier molecular flexibility index (Phi) is 9.47. The molecule has 1 unspecified atom stereocenters. The predicted molar refractivity (Wildman–Crippen MR) is 211 cm³/mol. The molecule has 0 bridgehead atoms. The van der Waals surface area contributed by atoms with E-state index in [2.05, 4.69) is 172 Å². The Hall–Kier alpha value is -4.58. The minimum absolute atomic E-state index is 0.0233. The molecule has 3 aromatic rings. The third kappa shape index (κ3) is 6.53.